The van der Waals surface area contributed by atoms with E-state index in [2.05, 4.69) is 40.3 Å². The molecule has 0 heterocycles. The third-order valence-electron chi connectivity index (χ3n) is 3.70. The molecule has 0 radical (unpaired) electrons. The van der Waals surface area contributed by atoms with E-state index in [-0.39, 0.29) is 17.8 Å². The topological polar surface area (TPSA) is 12.0 Å². The summed E-state index contributed by atoms with van der Waals surface area (Å²) in [6, 6.07) is 15.7. The molecule has 0 saturated heterocycles. The molecule has 1 N–H and O–H groups in total. The summed E-state index contributed by atoms with van der Waals surface area (Å²) >= 11 is 3.27. The van der Waals surface area contributed by atoms with E-state index in [0.717, 1.165) is 6.42 Å². The van der Waals surface area contributed by atoms with E-state index in [1.807, 2.05) is 37.4 Å². The highest BCUT2D eigenvalue weighted by Crippen LogP contribution is 2.35. The second-order valence-corrected chi connectivity index (χ2v) is 5.69. The minimum atomic E-state index is -0.179. The summed E-state index contributed by atoms with van der Waals surface area (Å²) in [5.41, 5.74) is 1.94. The van der Waals surface area contributed by atoms with E-state index < -0.39 is 0 Å². The standard InChI is InChI=1S/C17H19BrFN/c1-3-13(12-8-5-4-6-9-12)17(20-2)14-10-7-11-15(18)16(14)19/h4-11,13,17,20H,3H2,1-2H3. The largest absolute Gasteiger partial charge is 0.312 e. The van der Waals surface area contributed by atoms with Crippen molar-refractivity contribution in [2.24, 2.45) is 0 Å². The van der Waals surface area contributed by atoms with E-state index >= 15 is 0 Å². The Morgan fingerprint density at radius 2 is 1.80 bits per heavy atom. The van der Waals surface area contributed by atoms with Gasteiger partial charge in [0.2, 0.25) is 0 Å². The molecule has 2 unspecified atom stereocenters. The number of halogens is 2. The summed E-state index contributed by atoms with van der Waals surface area (Å²) in [4.78, 5) is 0. The van der Waals surface area contributed by atoms with Crippen LogP contribution in [0.1, 0.15) is 36.4 Å². The first-order chi connectivity index (χ1) is 9.69. The van der Waals surface area contributed by atoms with Gasteiger partial charge in [-0.3, -0.25) is 0 Å². The first-order valence-electron chi connectivity index (χ1n) is 6.85. The van der Waals surface area contributed by atoms with Gasteiger partial charge in [-0.2, -0.15) is 0 Å². The second-order valence-electron chi connectivity index (χ2n) is 4.83. The number of nitrogens with one attached hydrogen (secondary N) is 1. The Balaban J connectivity index is 2.42. The van der Waals surface area contributed by atoms with E-state index in [4.69, 9.17) is 0 Å². The lowest BCUT2D eigenvalue weighted by molar-refractivity contribution is 0.446. The van der Waals surface area contributed by atoms with Gasteiger partial charge in [-0.15, -0.1) is 0 Å². The van der Waals surface area contributed by atoms with Crippen molar-refractivity contribution in [3.8, 4) is 0 Å². The quantitative estimate of drug-likeness (QED) is 0.806. The number of hydrogen-bond acceptors (Lipinski definition) is 1. The van der Waals surface area contributed by atoms with Crippen LogP contribution in [0.4, 0.5) is 4.39 Å². The summed E-state index contributed by atoms with van der Waals surface area (Å²) in [5, 5.41) is 3.28. The van der Waals surface area contributed by atoms with Gasteiger partial charge in [0.15, 0.2) is 0 Å². The molecule has 3 heteroatoms. The van der Waals surface area contributed by atoms with Gasteiger partial charge in [-0.05, 0) is 41.0 Å². The Bertz CT molecular complexity index is 556. The zero-order chi connectivity index (χ0) is 14.5. The molecule has 0 aliphatic rings. The highest BCUT2D eigenvalue weighted by atomic mass is 79.9. The summed E-state index contributed by atoms with van der Waals surface area (Å²) < 4.78 is 14.9. The molecule has 0 fully saturated rings. The third-order valence-corrected chi connectivity index (χ3v) is 4.31. The van der Waals surface area contributed by atoms with Crippen molar-refractivity contribution in [1.82, 2.24) is 5.32 Å². The van der Waals surface area contributed by atoms with Gasteiger partial charge in [0.1, 0.15) is 5.82 Å². The minimum absolute atomic E-state index is 0.0418. The molecule has 0 aliphatic heterocycles. The number of likely N-dealkylation sites (N-methyl/N-ethyl adjacent to an activating group) is 1. The molecular weight excluding hydrogens is 317 g/mol. The molecule has 2 atom stereocenters. The van der Waals surface area contributed by atoms with Crippen molar-refractivity contribution in [2.45, 2.75) is 25.3 Å². The van der Waals surface area contributed by atoms with Crippen LogP contribution in [0, 0.1) is 5.82 Å². The summed E-state index contributed by atoms with van der Waals surface area (Å²) in [7, 11) is 1.89. The molecule has 2 rings (SSSR count). The molecule has 106 valence electrons. The second kappa shape index (κ2) is 7.00. The van der Waals surface area contributed by atoms with Crippen LogP contribution >= 0.6 is 15.9 Å². The Morgan fingerprint density at radius 3 is 2.40 bits per heavy atom. The van der Waals surface area contributed by atoms with E-state index in [1.54, 1.807) is 6.07 Å². The zero-order valence-corrected chi connectivity index (χ0v) is 13.3. The van der Waals surface area contributed by atoms with Crippen molar-refractivity contribution in [2.75, 3.05) is 7.05 Å². The summed E-state index contributed by atoms with van der Waals surface area (Å²) in [6.45, 7) is 2.14. The smallest absolute Gasteiger partial charge is 0.142 e. The van der Waals surface area contributed by atoms with Crippen molar-refractivity contribution in [1.29, 1.82) is 0 Å². The molecular formula is C17H19BrFN. The minimum Gasteiger partial charge on any atom is -0.312 e. The molecule has 0 bridgehead atoms. The van der Waals surface area contributed by atoms with Crippen molar-refractivity contribution < 1.29 is 4.39 Å². The van der Waals surface area contributed by atoms with Gasteiger partial charge in [0, 0.05) is 17.5 Å². The SMILES string of the molecule is CCC(c1ccccc1)C(NC)c1cccc(Br)c1F. The predicted octanol–water partition coefficient (Wildman–Crippen LogP) is 5.04. The van der Waals surface area contributed by atoms with Gasteiger partial charge < -0.3 is 5.32 Å². The molecule has 2 aromatic carbocycles. The molecule has 0 aromatic heterocycles. The monoisotopic (exact) mass is 335 g/mol. The van der Waals surface area contributed by atoms with Crippen LogP contribution in [0.25, 0.3) is 0 Å². The van der Waals surface area contributed by atoms with Gasteiger partial charge in [0.25, 0.3) is 0 Å². The fourth-order valence-electron chi connectivity index (χ4n) is 2.70. The summed E-state index contributed by atoms with van der Waals surface area (Å²) in [5.74, 6) is 0.0613. The average molecular weight is 336 g/mol. The molecule has 0 amide bonds. The van der Waals surface area contributed by atoms with E-state index in [9.17, 15) is 4.39 Å². The lowest BCUT2D eigenvalue weighted by atomic mass is 9.85. The molecule has 2 aromatic rings. The average Bonchev–Trinajstić information content (AvgIpc) is 2.49. The maximum absolute atomic E-state index is 14.4. The molecule has 1 nitrogen and oxygen atoms in total. The first kappa shape index (κ1) is 15.2. The number of benzene rings is 2. The van der Waals surface area contributed by atoms with Crippen molar-refractivity contribution >= 4 is 15.9 Å². The first-order valence-corrected chi connectivity index (χ1v) is 7.64. The van der Waals surface area contributed by atoms with Crippen LogP contribution < -0.4 is 5.32 Å². The van der Waals surface area contributed by atoms with Gasteiger partial charge in [-0.25, -0.2) is 4.39 Å². The van der Waals surface area contributed by atoms with Crippen LogP contribution in [-0.4, -0.2) is 7.05 Å². The zero-order valence-electron chi connectivity index (χ0n) is 11.7. The fraction of sp³-hybridized carbons (Fsp3) is 0.294. The fourth-order valence-corrected chi connectivity index (χ4v) is 3.08. The molecule has 20 heavy (non-hydrogen) atoms. The van der Waals surface area contributed by atoms with Crippen LogP contribution in [0.15, 0.2) is 53.0 Å². The van der Waals surface area contributed by atoms with Crippen molar-refractivity contribution in [3.63, 3.8) is 0 Å². The Hall–Kier alpha value is -1.19. The summed E-state index contributed by atoms with van der Waals surface area (Å²) in [6.07, 6.45) is 0.946. The van der Waals surface area contributed by atoms with Crippen LogP contribution in [0.2, 0.25) is 0 Å². The Kier molecular flexibility index (Phi) is 5.32. The Morgan fingerprint density at radius 1 is 1.10 bits per heavy atom. The van der Waals surface area contributed by atoms with E-state index in [1.165, 1.54) is 5.56 Å². The molecule has 0 spiro atoms. The lowest BCUT2D eigenvalue weighted by Gasteiger charge is -2.27. The maximum Gasteiger partial charge on any atom is 0.142 e. The van der Waals surface area contributed by atoms with E-state index in [0.29, 0.717) is 10.0 Å². The number of rotatable bonds is 5. The Labute approximate surface area is 128 Å². The van der Waals surface area contributed by atoms with Gasteiger partial charge in [-0.1, -0.05) is 49.4 Å². The van der Waals surface area contributed by atoms with Crippen LogP contribution in [-0.2, 0) is 0 Å². The van der Waals surface area contributed by atoms with Gasteiger partial charge in [0.05, 0.1) is 4.47 Å². The number of hydrogen-bond donors (Lipinski definition) is 1. The van der Waals surface area contributed by atoms with Gasteiger partial charge >= 0.3 is 0 Å². The molecule has 0 aliphatic carbocycles. The predicted molar refractivity (Wildman–Crippen MR) is 85.4 cm³/mol. The highest BCUT2D eigenvalue weighted by Gasteiger charge is 2.25. The molecule has 0 saturated carbocycles. The van der Waals surface area contributed by atoms with Crippen molar-refractivity contribution in [3.05, 3.63) is 69.9 Å². The normalized spacial score (nSPS) is 14.0. The van der Waals surface area contributed by atoms with Crippen LogP contribution in [0.3, 0.4) is 0 Å². The third kappa shape index (κ3) is 3.10. The highest BCUT2D eigenvalue weighted by molar-refractivity contribution is 9.10. The maximum atomic E-state index is 14.4. The van der Waals surface area contributed by atoms with Crippen LogP contribution in [0.5, 0.6) is 0 Å². The lowest BCUT2D eigenvalue weighted by Crippen LogP contribution is -2.24.